The van der Waals surface area contributed by atoms with Gasteiger partial charge in [0.2, 0.25) is 5.91 Å². The lowest BCUT2D eigenvalue weighted by molar-refractivity contribution is -0.115. The Morgan fingerprint density at radius 2 is 2.05 bits per heavy atom. The Kier molecular flexibility index (Phi) is 2.65. The van der Waals surface area contributed by atoms with Crippen LogP contribution in [0, 0.1) is 5.92 Å². The van der Waals surface area contributed by atoms with E-state index in [0.717, 1.165) is 35.1 Å². The van der Waals surface area contributed by atoms with Gasteiger partial charge in [-0.05, 0) is 49.3 Å². The molecule has 0 spiro atoms. The van der Waals surface area contributed by atoms with Crippen molar-refractivity contribution in [2.24, 2.45) is 5.92 Å². The third-order valence-electron chi connectivity index (χ3n) is 5.18. The van der Waals surface area contributed by atoms with Gasteiger partial charge in [-0.15, -0.1) is 0 Å². The van der Waals surface area contributed by atoms with Crippen LogP contribution in [0.25, 0.3) is 0 Å². The molecule has 0 radical (unpaired) electrons. The van der Waals surface area contributed by atoms with Gasteiger partial charge in [0, 0.05) is 18.3 Å². The normalized spacial score (nSPS) is 28.2. The van der Waals surface area contributed by atoms with Gasteiger partial charge in [0.05, 0.1) is 17.8 Å². The summed E-state index contributed by atoms with van der Waals surface area (Å²) in [6, 6.07) is 4.73. The van der Waals surface area contributed by atoms with Crippen LogP contribution in [-0.2, 0) is 11.2 Å². The van der Waals surface area contributed by atoms with Gasteiger partial charge in [-0.1, -0.05) is 6.42 Å². The third kappa shape index (κ3) is 1.78. The number of nitrogens with zero attached hydrogens (tertiary/aromatic N) is 1. The fraction of sp³-hybridized carbons (Fsp3) is 0.562. The minimum atomic E-state index is 0.0777. The van der Waals surface area contributed by atoms with Crippen LogP contribution in [0.5, 0.6) is 0 Å². The molecule has 2 fully saturated rings. The second kappa shape index (κ2) is 4.40. The number of carbonyl (C=O) groups excluding carboxylic acids is 1. The second-order valence-electron chi connectivity index (χ2n) is 6.39. The maximum Gasteiger partial charge on any atom is 0.228 e. The highest BCUT2D eigenvalue weighted by Gasteiger charge is 2.36. The maximum absolute atomic E-state index is 11.5. The molecule has 0 bridgehead atoms. The summed E-state index contributed by atoms with van der Waals surface area (Å²) in [5.74, 6) is 0.917. The first-order chi connectivity index (χ1) is 9.72. The van der Waals surface area contributed by atoms with Crippen molar-refractivity contribution in [2.45, 2.75) is 44.6 Å². The summed E-state index contributed by atoms with van der Waals surface area (Å²) in [5, 5.41) is 2.94. The van der Waals surface area contributed by atoms with Gasteiger partial charge < -0.3 is 16.0 Å². The number of carbonyl (C=O) groups is 1. The average Bonchev–Trinajstić information content (AvgIpc) is 3.02. The van der Waals surface area contributed by atoms with Crippen LogP contribution >= 0.6 is 0 Å². The lowest BCUT2D eigenvalue weighted by Gasteiger charge is -2.40. The Bertz CT molecular complexity index is 569. The molecule has 106 valence electrons. The van der Waals surface area contributed by atoms with E-state index in [1.165, 1.54) is 32.1 Å². The summed E-state index contributed by atoms with van der Waals surface area (Å²) in [4.78, 5) is 14.0. The van der Waals surface area contributed by atoms with Crippen molar-refractivity contribution >= 4 is 23.0 Å². The van der Waals surface area contributed by atoms with Crippen molar-refractivity contribution < 1.29 is 4.79 Å². The van der Waals surface area contributed by atoms with E-state index < -0.39 is 0 Å². The standard InChI is InChI=1S/C16H21N3O/c17-12-7-11-8-16(20)18-13(11)9-15(12)19-6-2-4-10-3-1-5-14(10)19/h7,9-10,14H,1-6,8,17H2,(H,18,20). The molecule has 1 saturated carbocycles. The summed E-state index contributed by atoms with van der Waals surface area (Å²) in [6.07, 6.45) is 7.07. The quantitative estimate of drug-likeness (QED) is 0.772. The molecular weight excluding hydrogens is 250 g/mol. The molecule has 4 rings (SSSR count). The molecule has 4 nitrogen and oxygen atoms in total. The van der Waals surface area contributed by atoms with Gasteiger partial charge in [0.1, 0.15) is 0 Å². The lowest BCUT2D eigenvalue weighted by Crippen LogP contribution is -2.43. The number of benzene rings is 1. The zero-order valence-corrected chi connectivity index (χ0v) is 11.7. The topological polar surface area (TPSA) is 58.4 Å². The van der Waals surface area contributed by atoms with Gasteiger partial charge in [-0.2, -0.15) is 0 Å². The SMILES string of the molecule is Nc1cc2c(cc1N1CCCC3CCCC31)NC(=O)C2. The van der Waals surface area contributed by atoms with Crippen molar-refractivity contribution in [3.8, 4) is 0 Å². The van der Waals surface area contributed by atoms with Crippen LogP contribution in [-0.4, -0.2) is 18.5 Å². The molecule has 1 aliphatic carbocycles. The van der Waals surface area contributed by atoms with Crippen LogP contribution in [0.3, 0.4) is 0 Å². The molecule has 1 aromatic rings. The number of hydrogen-bond acceptors (Lipinski definition) is 3. The van der Waals surface area contributed by atoms with Gasteiger partial charge in [0.15, 0.2) is 0 Å². The number of piperidine rings is 1. The average molecular weight is 271 g/mol. The molecule has 2 aliphatic heterocycles. The predicted octanol–water partition coefficient (Wildman–Crippen LogP) is 2.53. The highest BCUT2D eigenvalue weighted by atomic mass is 16.1. The Hall–Kier alpha value is -1.71. The summed E-state index contributed by atoms with van der Waals surface area (Å²) < 4.78 is 0. The number of nitrogens with two attached hydrogens (primary N) is 1. The zero-order chi connectivity index (χ0) is 13.7. The number of nitrogens with one attached hydrogen (secondary N) is 1. The smallest absolute Gasteiger partial charge is 0.228 e. The van der Waals surface area contributed by atoms with Crippen LogP contribution < -0.4 is 16.0 Å². The number of nitrogen functional groups attached to an aromatic ring is 1. The van der Waals surface area contributed by atoms with Gasteiger partial charge in [-0.25, -0.2) is 0 Å². The number of rotatable bonds is 1. The minimum Gasteiger partial charge on any atom is -0.397 e. The monoisotopic (exact) mass is 271 g/mol. The van der Waals surface area contributed by atoms with Crippen LogP contribution in [0.4, 0.5) is 17.1 Å². The number of anilines is 3. The molecule has 3 aliphatic rings. The molecule has 0 aromatic heterocycles. The molecular formula is C16H21N3O. The third-order valence-corrected chi connectivity index (χ3v) is 5.18. The van der Waals surface area contributed by atoms with Gasteiger partial charge >= 0.3 is 0 Å². The van der Waals surface area contributed by atoms with Crippen molar-refractivity contribution in [1.29, 1.82) is 0 Å². The van der Waals surface area contributed by atoms with Gasteiger partial charge in [-0.3, -0.25) is 4.79 Å². The predicted molar refractivity (Wildman–Crippen MR) is 80.9 cm³/mol. The van der Waals surface area contributed by atoms with Crippen LogP contribution in [0.15, 0.2) is 12.1 Å². The van der Waals surface area contributed by atoms with Crippen molar-refractivity contribution in [1.82, 2.24) is 0 Å². The van der Waals surface area contributed by atoms with E-state index >= 15 is 0 Å². The number of amides is 1. The summed E-state index contributed by atoms with van der Waals surface area (Å²) >= 11 is 0. The van der Waals surface area contributed by atoms with Gasteiger partial charge in [0.25, 0.3) is 0 Å². The minimum absolute atomic E-state index is 0.0777. The molecule has 2 atom stereocenters. The van der Waals surface area contributed by atoms with E-state index in [1.54, 1.807) is 0 Å². The second-order valence-corrected chi connectivity index (χ2v) is 6.39. The van der Waals surface area contributed by atoms with E-state index in [9.17, 15) is 4.79 Å². The van der Waals surface area contributed by atoms with E-state index in [0.29, 0.717) is 12.5 Å². The largest absolute Gasteiger partial charge is 0.397 e. The van der Waals surface area contributed by atoms with Crippen molar-refractivity contribution in [3.05, 3.63) is 17.7 Å². The Balaban J connectivity index is 1.71. The Morgan fingerprint density at radius 1 is 1.20 bits per heavy atom. The highest BCUT2D eigenvalue weighted by molar-refractivity contribution is 6.01. The molecule has 3 N–H and O–H groups in total. The fourth-order valence-electron chi connectivity index (χ4n) is 4.28. The highest BCUT2D eigenvalue weighted by Crippen LogP contribution is 2.42. The number of hydrogen-bond donors (Lipinski definition) is 2. The first-order valence-electron chi connectivity index (χ1n) is 7.71. The lowest BCUT2D eigenvalue weighted by atomic mass is 9.91. The molecule has 4 heteroatoms. The van der Waals surface area contributed by atoms with Crippen LogP contribution in [0.1, 0.15) is 37.7 Å². The zero-order valence-electron chi connectivity index (χ0n) is 11.7. The maximum atomic E-state index is 11.5. The van der Waals surface area contributed by atoms with E-state index in [-0.39, 0.29) is 5.91 Å². The summed E-state index contributed by atoms with van der Waals surface area (Å²) in [7, 11) is 0. The van der Waals surface area contributed by atoms with Crippen molar-refractivity contribution in [2.75, 3.05) is 22.5 Å². The molecule has 20 heavy (non-hydrogen) atoms. The molecule has 2 unspecified atom stereocenters. The first-order valence-corrected chi connectivity index (χ1v) is 7.71. The Morgan fingerprint density at radius 3 is 2.95 bits per heavy atom. The Labute approximate surface area is 119 Å². The molecule has 1 amide bonds. The van der Waals surface area contributed by atoms with Crippen molar-refractivity contribution in [3.63, 3.8) is 0 Å². The van der Waals surface area contributed by atoms with Crippen LogP contribution in [0.2, 0.25) is 0 Å². The molecule has 2 heterocycles. The van der Waals surface area contributed by atoms with E-state index in [4.69, 9.17) is 5.73 Å². The fourth-order valence-corrected chi connectivity index (χ4v) is 4.28. The summed E-state index contributed by atoms with van der Waals surface area (Å²) in [5.41, 5.74) is 10.2. The number of fused-ring (bicyclic) bond motifs is 2. The molecule has 1 saturated heterocycles. The molecule has 1 aromatic carbocycles. The first kappa shape index (κ1) is 12.1. The van der Waals surface area contributed by atoms with E-state index in [1.807, 2.05) is 6.07 Å². The van der Waals surface area contributed by atoms with E-state index in [2.05, 4.69) is 16.3 Å². The summed E-state index contributed by atoms with van der Waals surface area (Å²) in [6.45, 7) is 1.10.